The Morgan fingerprint density at radius 3 is 2.62 bits per heavy atom. The SMILES string of the molecule is C[C@H]1CC2(CCN(OCN3CCC(=O)CC3)CC2)CN1c1ccc(C#N)c(Cl)c1. The Morgan fingerprint density at radius 1 is 1.24 bits per heavy atom. The molecule has 1 atom stereocenters. The Labute approximate surface area is 177 Å². The van der Waals surface area contributed by atoms with Gasteiger partial charge in [-0.05, 0) is 49.8 Å². The van der Waals surface area contributed by atoms with Crippen LogP contribution in [-0.2, 0) is 9.63 Å². The average molecular weight is 417 g/mol. The zero-order chi connectivity index (χ0) is 20.4. The zero-order valence-electron chi connectivity index (χ0n) is 17.1. The summed E-state index contributed by atoms with van der Waals surface area (Å²) in [5.74, 6) is 0.365. The maximum Gasteiger partial charge on any atom is 0.135 e. The van der Waals surface area contributed by atoms with Crippen molar-refractivity contribution in [2.45, 2.75) is 45.1 Å². The zero-order valence-corrected chi connectivity index (χ0v) is 17.8. The number of benzene rings is 1. The summed E-state index contributed by atoms with van der Waals surface area (Å²) >= 11 is 6.26. The van der Waals surface area contributed by atoms with E-state index in [1.54, 1.807) is 0 Å². The molecule has 0 radical (unpaired) electrons. The van der Waals surface area contributed by atoms with Crippen LogP contribution in [0.4, 0.5) is 5.69 Å². The molecule has 6 nitrogen and oxygen atoms in total. The smallest absolute Gasteiger partial charge is 0.135 e. The molecule has 3 aliphatic rings. The van der Waals surface area contributed by atoms with Crippen LogP contribution in [0, 0.1) is 16.7 Å². The van der Waals surface area contributed by atoms with Crippen molar-refractivity contribution in [1.29, 1.82) is 5.26 Å². The van der Waals surface area contributed by atoms with Crippen molar-refractivity contribution in [2.75, 3.05) is 44.4 Å². The first kappa shape index (κ1) is 20.6. The maximum absolute atomic E-state index is 11.4. The summed E-state index contributed by atoms with van der Waals surface area (Å²) in [5, 5.41) is 11.7. The lowest BCUT2D eigenvalue weighted by Gasteiger charge is -2.39. The molecule has 0 saturated carbocycles. The van der Waals surface area contributed by atoms with Gasteiger partial charge in [0.15, 0.2) is 0 Å². The lowest BCUT2D eigenvalue weighted by Crippen LogP contribution is -2.44. The third-order valence-corrected chi connectivity index (χ3v) is 7.10. The Balaban J connectivity index is 1.30. The Kier molecular flexibility index (Phi) is 6.12. The van der Waals surface area contributed by atoms with Crippen molar-refractivity contribution < 1.29 is 9.63 Å². The van der Waals surface area contributed by atoms with Crippen molar-refractivity contribution in [2.24, 2.45) is 5.41 Å². The van der Waals surface area contributed by atoms with Gasteiger partial charge in [0.2, 0.25) is 0 Å². The van der Waals surface area contributed by atoms with Gasteiger partial charge in [-0.25, -0.2) is 0 Å². The number of carbonyl (C=O) groups excluding carboxylic acids is 1. The molecule has 1 aromatic carbocycles. The van der Waals surface area contributed by atoms with Crippen LogP contribution in [0.15, 0.2) is 18.2 Å². The minimum atomic E-state index is 0.317. The van der Waals surface area contributed by atoms with E-state index >= 15 is 0 Å². The molecule has 3 saturated heterocycles. The minimum absolute atomic E-state index is 0.317. The van der Waals surface area contributed by atoms with Gasteiger partial charge in [0, 0.05) is 57.3 Å². The molecule has 0 unspecified atom stereocenters. The number of anilines is 1. The molecule has 0 N–H and O–H groups in total. The van der Waals surface area contributed by atoms with Crippen molar-refractivity contribution in [3.8, 4) is 6.07 Å². The quantitative estimate of drug-likeness (QED) is 0.749. The van der Waals surface area contributed by atoms with E-state index in [1.165, 1.54) is 6.42 Å². The number of nitrogens with zero attached hydrogens (tertiary/aromatic N) is 4. The molecule has 4 rings (SSSR count). The van der Waals surface area contributed by atoms with Gasteiger partial charge in [-0.15, -0.1) is 0 Å². The molecule has 3 fully saturated rings. The van der Waals surface area contributed by atoms with E-state index in [-0.39, 0.29) is 0 Å². The molecule has 3 aliphatic heterocycles. The molecule has 156 valence electrons. The summed E-state index contributed by atoms with van der Waals surface area (Å²) in [6, 6.07) is 8.35. The number of hydrogen-bond acceptors (Lipinski definition) is 6. The van der Waals surface area contributed by atoms with E-state index in [9.17, 15) is 4.79 Å². The van der Waals surface area contributed by atoms with E-state index in [4.69, 9.17) is 21.7 Å². The topological polar surface area (TPSA) is 59.8 Å². The molecule has 3 heterocycles. The summed E-state index contributed by atoms with van der Waals surface area (Å²) < 4.78 is 0. The fraction of sp³-hybridized carbons (Fsp3) is 0.636. The highest BCUT2D eigenvalue weighted by atomic mass is 35.5. The van der Waals surface area contributed by atoms with Crippen molar-refractivity contribution in [1.82, 2.24) is 9.96 Å². The third-order valence-electron chi connectivity index (χ3n) is 6.79. The van der Waals surface area contributed by atoms with Crippen LogP contribution in [0.25, 0.3) is 0 Å². The maximum atomic E-state index is 11.4. The monoisotopic (exact) mass is 416 g/mol. The number of hydroxylamine groups is 2. The van der Waals surface area contributed by atoms with Crippen molar-refractivity contribution in [3.63, 3.8) is 0 Å². The Hall–Kier alpha value is -1.65. The Morgan fingerprint density at radius 2 is 1.97 bits per heavy atom. The van der Waals surface area contributed by atoms with Gasteiger partial charge in [-0.1, -0.05) is 11.6 Å². The van der Waals surface area contributed by atoms with Gasteiger partial charge in [0.25, 0.3) is 0 Å². The minimum Gasteiger partial charge on any atom is -0.368 e. The molecule has 1 aromatic rings. The number of rotatable bonds is 4. The number of likely N-dealkylation sites (tertiary alicyclic amines) is 1. The van der Waals surface area contributed by atoms with Crippen LogP contribution >= 0.6 is 11.6 Å². The number of Topliss-reactive ketones (excluding diaryl/α,β-unsaturated/α-hetero) is 1. The highest BCUT2D eigenvalue weighted by molar-refractivity contribution is 6.32. The number of nitriles is 1. The lowest BCUT2D eigenvalue weighted by molar-refractivity contribution is -0.210. The normalized spacial score (nSPS) is 25.5. The van der Waals surface area contributed by atoms with Crippen LogP contribution < -0.4 is 4.90 Å². The van der Waals surface area contributed by atoms with Gasteiger partial charge in [-0.2, -0.15) is 10.3 Å². The molecule has 0 aromatic heterocycles. The van der Waals surface area contributed by atoms with Crippen LogP contribution in [0.1, 0.15) is 44.6 Å². The molecule has 7 heteroatoms. The number of hydrogen-bond donors (Lipinski definition) is 0. The highest BCUT2D eigenvalue weighted by Crippen LogP contribution is 2.45. The number of piperidine rings is 2. The number of ketones is 1. The number of carbonyl (C=O) groups is 1. The molecular weight excluding hydrogens is 388 g/mol. The molecule has 0 bridgehead atoms. The fourth-order valence-corrected chi connectivity index (χ4v) is 5.20. The van der Waals surface area contributed by atoms with Gasteiger partial charge in [0.05, 0.1) is 10.6 Å². The highest BCUT2D eigenvalue weighted by Gasteiger charge is 2.44. The summed E-state index contributed by atoms with van der Waals surface area (Å²) in [4.78, 5) is 22.0. The molecule has 0 amide bonds. The first-order valence-corrected chi connectivity index (χ1v) is 10.9. The largest absolute Gasteiger partial charge is 0.368 e. The van der Waals surface area contributed by atoms with Gasteiger partial charge < -0.3 is 4.90 Å². The van der Waals surface area contributed by atoms with Crippen LogP contribution in [0.2, 0.25) is 5.02 Å². The first-order chi connectivity index (χ1) is 14.0. The lowest BCUT2D eigenvalue weighted by atomic mass is 9.77. The second-order valence-electron chi connectivity index (χ2n) is 8.80. The molecular formula is C22H29ClN4O2. The van der Waals surface area contributed by atoms with E-state index in [1.807, 2.05) is 18.2 Å². The summed E-state index contributed by atoms with van der Waals surface area (Å²) in [6.45, 7) is 7.42. The molecule has 0 aliphatic carbocycles. The summed E-state index contributed by atoms with van der Waals surface area (Å²) in [5.41, 5.74) is 1.95. The van der Waals surface area contributed by atoms with Crippen LogP contribution in [-0.4, -0.2) is 61.2 Å². The average Bonchev–Trinajstić information content (AvgIpc) is 3.04. The van der Waals surface area contributed by atoms with Crippen LogP contribution in [0.3, 0.4) is 0 Å². The van der Waals surface area contributed by atoms with Gasteiger partial charge >= 0.3 is 0 Å². The summed E-state index contributed by atoms with van der Waals surface area (Å²) in [7, 11) is 0. The number of halogens is 1. The van der Waals surface area contributed by atoms with Crippen molar-refractivity contribution >= 4 is 23.1 Å². The molecule has 1 spiro atoms. The predicted octanol–water partition coefficient (Wildman–Crippen LogP) is 3.45. The van der Waals surface area contributed by atoms with Gasteiger partial charge in [-0.3, -0.25) is 14.5 Å². The van der Waals surface area contributed by atoms with E-state index in [2.05, 4.69) is 27.9 Å². The molecule has 29 heavy (non-hydrogen) atoms. The standard InChI is InChI=1S/C22H29ClN4O2/c1-17-13-22(15-27(17)19-3-2-18(14-24)21(23)12-19)6-10-26(11-7-22)29-16-25-8-4-20(28)5-9-25/h2-3,12,17H,4-11,13,15-16H2,1H3/t17-/m0/s1. The van der Waals surface area contributed by atoms with E-state index in [0.717, 1.165) is 51.3 Å². The Bertz CT molecular complexity index is 790. The first-order valence-electron chi connectivity index (χ1n) is 10.6. The second kappa shape index (κ2) is 8.61. The van der Waals surface area contributed by atoms with Gasteiger partial charge in [0.1, 0.15) is 18.6 Å². The van der Waals surface area contributed by atoms with Crippen molar-refractivity contribution in [3.05, 3.63) is 28.8 Å². The van der Waals surface area contributed by atoms with E-state index in [0.29, 0.717) is 47.4 Å². The van der Waals surface area contributed by atoms with Crippen LogP contribution in [0.5, 0.6) is 0 Å². The third kappa shape index (κ3) is 4.59. The predicted molar refractivity (Wildman–Crippen MR) is 113 cm³/mol. The second-order valence-corrected chi connectivity index (χ2v) is 9.21. The van der Waals surface area contributed by atoms with E-state index < -0.39 is 0 Å². The fourth-order valence-electron chi connectivity index (χ4n) is 4.98. The summed E-state index contributed by atoms with van der Waals surface area (Å²) in [6.07, 6.45) is 4.72.